The summed E-state index contributed by atoms with van der Waals surface area (Å²) < 4.78 is 5.20. The molecule has 3 heteroatoms. The third kappa shape index (κ3) is 6.08. The van der Waals surface area contributed by atoms with E-state index in [1.54, 1.807) is 0 Å². The van der Waals surface area contributed by atoms with Crippen LogP contribution in [0.25, 0.3) is 0 Å². The molecule has 0 radical (unpaired) electrons. The first kappa shape index (κ1) is 11.3. The molecule has 0 fully saturated rings. The Morgan fingerprint density at radius 1 is 1.42 bits per heavy atom. The van der Waals surface area contributed by atoms with Crippen molar-refractivity contribution in [1.29, 1.82) is 0 Å². The van der Waals surface area contributed by atoms with Crippen molar-refractivity contribution < 1.29 is 9.53 Å². The Morgan fingerprint density at radius 2 is 2.17 bits per heavy atom. The van der Waals surface area contributed by atoms with Gasteiger partial charge in [0, 0.05) is 6.61 Å². The molecule has 0 N–H and O–H groups in total. The highest BCUT2D eigenvalue weighted by molar-refractivity contribution is 5.33. The molecule has 0 amide bonds. The lowest BCUT2D eigenvalue weighted by Gasteiger charge is -2.09. The van der Waals surface area contributed by atoms with Gasteiger partial charge in [0.25, 0.3) is 0 Å². The van der Waals surface area contributed by atoms with Crippen molar-refractivity contribution in [3.8, 4) is 0 Å². The second kappa shape index (κ2) is 8.44. The summed E-state index contributed by atoms with van der Waals surface area (Å²) in [5, 5.41) is 0. The van der Waals surface area contributed by atoms with Crippen LogP contribution in [0.5, 0.6) is 0 Å². The van der Waals surface area contributed by atoms with Gasteiger partial charge < -0.3 is 4.74 Å². The standard InChI is InChI=1S/C9H17NO2/c1-3-5-6-7-9(10-8-11)12-4-2/h9H,3-7H2,1-2H3. The predicted molar refractivity (Wildman–Crippen MR) is 47.7 cm³/mol. The van der Waals surface area contributed by atoms with E-state index in [-0.39, 0.29) is 6.23 Å². The van der Waals surface area contributed by atoms with Crippen LogP contribution in [0.15, 0.2) is 4.99 Å². The maximum Gasteiger partial charge on any atom is 0.237 e. The van der Waals surface area contributed by atoms with Crippen LogP contribution in [0.4, 0.5) is 0 Å². The van der Waals surface area contributed by atoms with Crippen molar-refractivity contribution in [2.24, 2.45) is 4.99 Å². The van der Waals surface area contributed by atoms with E-state index in [0.717, 1.165) is 19.3 Å². The number of hydrogen-bond acceptors (Lipinski definition) is 3. The summed E-state index contributed by atoms with van der Waals surface area (Å²) in [5.74, 6) is 0. The fraction of sp³-hybridized carbons (Fsp3) is 0.889. The molecule has 1 unspecified atom stereocenters. The first-order valence-corrected chi connectivity index (χ1v) is 4.53. The van der Waals surface area contributed by atoms with Crippen LogP contribution in [0.1, 0.15) is 39.5 Å². The number of carbonyl (C=O) groups excluding carboxylic acids is 1. The number of nitrogens with zero attached hydrogens (tertiary/aromatic N) is 1. The molecule has 0 aromatic heterocycles. The molecule has 3 nitrogen and oxygen atoms in total. The minimum Gasteiger partial charge on any atom is -0.356 e. The van der Waals surface area contributed by atoms with Crippen LogP contribution in [0.3, 0.4) is 0 Å². The lowest BCUT2D eigenvalue weighted by atomic mass is 10.2. The van der Waals surface area contributed by atoms with E-state index in [1.807, 2.05) is 6.92 Å². The number of aliphatic imine (C=N–C) groups is 1. The third-order valence-corrected chi connectivity index (χ3v) is 1.61. The number of rotatable bonds is 7. The maximum atomic E-state index is 9.95. The Bertz CT molecular complexity index is 141. The minimum atomic E-state index is -0.265. The molecule has 0 spiro atoms. The quantitative estimate of drug-likeness (QED) is 0.335. The second-order valence-corrected chi connectivity index (χ2v) is 2.63. The van der Waals surface area contributed by atoms with Gasteiger partial charge in [-0.15, -0.1) is 0 Å². The maximum absolute atomic E-state index is 9.95. The average Bonchev–Trinajstić information content (AvgIpc) is 2.06. The number of hydrogen-bond donors (Lipinski definition) is 0. The van der Waals surface area contributed by atoms with Gasteiger partial charge in [-0.25, -0.2) is 4.79 Å². The number of isocyanates is 1. The molecule has 0 rings (SSSR count). The van der Waals surface area contributed by atoms with Gasteiger partial charge in [-0.05, 0) is 19.8 Å². The van der Waals surface area contributed by atoms with Gasteiger partial charge in [0.2, 0.25) is 6.08 Å². The lowest BCUT2D eigenvalue weighted by molar-refractivity contribution is 0.0616. The molecule has 0 aromatic carbocycles. The van der Waals surface area contributed by atoms with Gasteiger partial charge in [-0.2, -0.15) is 4.99 Å². The summed E-state index contributed by atoms with van der Waals surface area (Å²) >= 11 is 0. The van der Waals surface area contributed by atoms with Crippen LogP contribution >= 0.6 is 0 Å². The molecule has 0 aromatic rings. The summed E-state index contributed by atoms with van der Waals surface area (Å²) in [6.07, 6.45) is 5.49. The van der Waals surface area contributed by atoms with Crippen molar-refractivity contribution in [3.63, 3.8) is 0 Å². The molecule has 1 atom stereocenters. The van der Waals surface area contributed by atoms with Crippen molar-refractivity contribution in [2.45, 2.75) is 45.8 Å². The van der Waals surface area contributed by atoms with E-state index in [9.17, 15) is 4.79 Å². The SMILES string of the molecule is CCCCCC(N=C=O)OCC. The number of ether oxygens (including phenoxy) is 1. The number of unbranched alkanes of at least 4 members (excludes halogenated alkanes) is 2. The van der Waals surface area contributed by atoms with Crippen LogP contribution in [-0.4, -0.2) is 18.9 Å². The topological polar surface area (TPSA) is 38.7 Å². The van der Waals surface area contributed by atoms with Gasteiger partial charge in [-0.1, -0.05) is 19.8 Å². The molecule has 70 valence electrons. The van der Waals surface area contributed by atoms with Gasteiger partial charge >= 0.3 is 0 Å². The second-order valence-electron chi connectivity index (χ2n) is 2.63. The van der Waals surface area contributed by atoms with Crippen molar-refractivity contribution >= 4 is 6.08 Å². The molecule has 0 aliphatic heterocycles. The molecule has 0 aliphatic rings. The Labute approximate surface area is 73.8 Å². The van der Waals surface area contributed by atoms with Crippen LogP contribution in [0, 0.1) is 0 Å². The Hall–Kier alpha value is -0.660. The highest BCUT2D eigenvalue weighted by atomic mass is 16.5. The zero-order chi connectivity index (χ0) is 9.23. The first-order valence-electron chi connectivity index (χ1n) is 4.53. The fourth-order valence-electron chi connectivity index (χ4n) is 1.01. The molecular formula is C9H17NO2. The normalized spacial score (nSPS) is 12.2. The predicted octanol–water partition coefficient (Wildman–Crippen LogP) is 2.27. The third-order valence-electron chi connectivity index (χ3n) is 1.61. The molecule has 0 heterocycles. The first-order chi connectivity index (χ1) is 5.85. The molecule has 0 aliphatic carbocycles. The van der Waals surface area contributed by atoms with Crippen LogP contribution < -0.4 is 0 Å². The van der Waals surface area contributed by atoms with E-state index >= 15 is 0 Å². The van der Waals surface area contributed by atoms with Crippen molar-refractivity contribution in [2.75, 3.05) is 6.61 Å². The van der Waals surface area contributed by atoms with Crippen LogP contribution in [0.2, 0.25) is 0 Å². The van der Waals surface area contributed by atoms with Gasteiger partial charge in [0.15, 0.2) is 6.23 Å². The van der Waals surface area contributed by atoms with E-state index < -0.39 is 0 Å². The van der Waals surface area contributed by atoms with E-state index in [4.69, 9.17) is 4.74 Å². The molecule has 0 saturated carbocycles. The lowest BCUT2D eigenvalue weighted by Crippen LogP contribution is -2.09. The molecule has 0 bridgehead atoms. The van der Waals surface area contributed by atoms with E-state index in [1.165, 1.54) is 12.5 Å². The summed E-state index contributed by atoms with van der Waals surface area (Å²) in [5.41, 5.74) is 0. The molecule has 0 saturated heterocycles. The van der Waals surface area contributed by atoms with E-state index in [0.29, 0.717) is 6.61 Å². The summed E-state index contributed by atoms with van der Waals surface area (Å²) in [6, 6.07) is 0. The van der Waals surface area contributed by atoms with Crippen molar-refractivity contribution in [1.82, 2.24) is 0 Å². The summed E-state index contributed by atoms with van der Waals surface area (Å²) in [7, 11) is 0. The summed E-state index contributed by atoms with van der Waals surface area (Å²) in [6.45, 7) is 4.63. The van der Waals surface area contributed by atoms with Gasteiger partial charge in [-0.3, -0.25) is 0 Å². The minimum absolute atomic E-state index is 0.265. The van der Waals surface area contributed by atoms with Crippen LogP contribution in [-0.2, 0) is 9.53 Å². The zero-order valence-electron chi connectivity index (χ0n) is 7.88. The average molecular weight is 171 g/mol. The fourth-order valence-corrected chi connectivity index (χ4v) is 1.01. The largest absolute Gasteiger partial charge is 0.356 e. The van der Waals surface area contributed by atoms with Crippen molar-refractivity contribution in [3.05, 3.63) is 0 Å². The van der Waals surface area contributed by atoms with Gasteiger partial charge in [0.1, 0.15) is 0 Å². The Balaban J connectivity index is 3.55. The molecule has 12 heavy (non-hydrogen) atoms. The highest BCUT2D eigenvalue weighted by Crippen LogP contribution is 2.07. The Kier molecular flexibility index (Phi) is 7.97. The Morgan fingerprint density at radius 3 is 2.67 bits per heavy atom. The smallest absolute Gasteiger partial charge is 0.237 e. The molecular weight excluding hydrogens is 154 g/mol. The monoisotopic (exact) mass is 171 g/mol. The van der Waals surface area contributed by atoms with E-state index in [2.05, 4.69) is 11.9 Å². The zero-order valence-corrected chi connectivity index (χ0v) is 7.88. The highest BCUT2D eigenvalue weighted by Gasteiger charge is 2.04. The van der Waals surface area contributed by atoms with Gasteiger partial charge in [0.05, 0.1) is 0 Å². The summed E-state index contributed by atoms with van der Waals surface area (Å²) in [4.78, 5) is 13.5.